The van der Waals surface area contributed by atoms with E-state index in [0.29, 0.717) is 34.3 Å². The first-order valence-corrected chi connectivity index (χ1v) is 9.30. The van der Waals surface area contributed by atoms with Gasteiger partial charge in [-0.05, 0) is 36.8 Å². The summed E-state index contributed by atoms with van der Waals surface area (Å²) in [5.41, 5.74) is 3.06. The molecule has 0 bridgehead atoms. The lowest BCUT2D eigenvalue weighted by atomic mass is 10.1. The van der Waals surface area contributed by atoms with E-state index in [4.69, 9.17) is 19.2 Å². The first kappa shape index (κ1) is 19.5. The number of fused-ring (bicyclic) bond motifs is 2. The van der Waals surface area contributed by atoms with Crippen LogP contribution in [0.15, 0.2) is 36.4 Å². The number of benzene rings is 2. The van der Waals surface area contributed by atoms with Crippen molar-refractivity contribution in [1.29, 1.82) is 0 Å². The molecule has 0 aliphatic heterocycles. The Kier molecular flexibility index (Phi) is 4.91. The molecule has 2 heterocycles. The van der Waals surface area contributed by atoms with Gasteiger partial charge >= 0.3 is 0 Å². The zero-order valence-corrected chi connectivity index (χ0v) is 17.4. The minimum atomic E-state index is -0.349. The highest BCUT2D eigenvalue weighted by atomic mass is 16.5. The molecule has 0 aliphatic carbocycles. The van der Waals surface area contributed by atoms with Crippen LogP contribution in [0.25, 0.3) is 21.9 Å². The summed E-state index contributed by atoms with van der Waals surface area (Å²) in [4.78, 5) is 17.7. The molecule has 0 fully saturated rings. The summed E-state index contributed by atoms with van der Waals surface area (Å²) >= 11 is 0. The lowest BCUT2D eigenvalue weighted by Crippen LogP contribution is -2.13. The smallest absolute Gasteiger partial charge is 0.257 e. The molecular weight excluding hydrogens is 384 g/mol. The van der Waals surface area contributed by atoms with Crippen LogP contribution < -0.4 is 19.5 Å². The number of amides is 1. The molecule has 0 atom stereocenters. The maximum Gasteiger partial charge on any atom is 0.257 e. The van der Waals surface area contributed by atoms with Crippen molar-refractivity contribution in [1.82, 2.24) is 14.8 Å². The van der Waals surface area contributed by atoms with Gasteiger partial charge < -0.3 is 19.5 Å². The molecule has 1 N–H and O–H groups in total. The second kappa shape index (κ2) is 7.55. The monoisotopic (exact) mass is 406 g/mol. The maximum atomic E-state index is 13.0. The first-order valence-electron chi connectivity index (χ1n) is 9.30. The fraction of sp³-hybridized carbons (Fsp3) is 0.227. The normalized spacial score (nSPS) is 11.0. The standard InChI is InChI=1S/C22H22N4O4/c1-12-6-7-13-9-15-20(25-26(2)21(15)23-16(13)8-12)24-22(27)14-10-17(28-3)19(30-5)18(11-14)29-4/h6-11H,1-5H3,(H,24,25,27). The van der Waals surface area contributed by atoms with Crippen molar-refractivity contribution in [3.8, 4) is 17.2 Å². The Labute approximate surface area is 173 Å². The van der Waals surface area contributed by atoms with E-state index in [-0.39, 0.29) is 5.91 Å². The number of hydrogen-bond donors (Lipinski definition) is 1. The number of carbonyl (C=O) groups excluding carboxylic acids is 1. The van der Waals surface area contributed by atoms with Crippen LogP contribution in [0.4, 0.5) is 5.82 Å². The third kappa shape index (κ3) is 3.26. The van der Waals surface area contributed by atoms with E-state index >= 15 is 0 Å². The molecule has 0 unspecified atom stereocenters. The van der Waals surface area contributed by atoms with Gasteiger partial charge in [0.2, 0.25) is 5.75 Å². The van der Waals surface area contributed by atoms with E-state index in [9.17, 15) is 4.79 Å². The minimum Gasteiger partial charge on any atom is -0.493 e. The van der Waals surface area contributed by atoms with Crippen molar-refractivity contribution in [2.45, 2.75) is 6.92 Å². The minimum absolute atomic E-state index is 0.349. The molecular formula is C22H22N4O4. The third-order valence-corrected chi connectivity index (χ3v) is 4.92. The molecule has 4 aromatic rings. The summed E-state index contributed by atoms with van der Waals surface area (Å²) < 4.78 is 17.6. The van der Waals surface area contributed by atoms with Gasteiger partial charge in [-0.1, -0.05) is 12.1 Å². The molecule has 8 nitrogen and oxygen atoms in total. The Morgan fingerprint density at radius 1 is 1.00 bits per heavy atom. The molecule has 8 heteroatoms. The van der Waals surface area contributed by atoms with Crippen LogP contribution in [0.5, 0.6) is 17.2 Å². The van der Waals surface area contributed by atoms with Gasteiger partial charge in [0.05, 0.1) is 32.2 Å². The number of pyridine rings is 1. The summed E-state index contributed by atoms with van der Waals surface area (Å²) in [6, 6.07) is 11.2. The Bertz CT molecular complexity index is 1250. The number of rotatable bonds is 5. The Balaban J connectivity index is 1.75. The fourth-order valence-corrected chi connectivity index (χ4v) is 3.42. The lowest BCUT2D eigenvalue weighted by molar-refractivity contribution is 0.102. The molecule has 0 spiro atoms. The summed E-state index contributed by atoms with van der Waals surface area (Å²) in [6.45, 7) is 2.03. The quantitative estimate of drug-likeness (QED) is 0.544. The molecule has 154 valence electrons. The van der Waals surface area contributed by atoms with Crippen molar-refractivity contribution in [2.24, 2.45) is 7.05 Å². The van der Waals surface area contributed by atoms with Gasteiger partial charge in [0.15, 0.2) is 23.0 Å². The van der Waals surface area contributed by atoms with Crippen LogP contribution in [-0.4, -0.2) is 42.0 Å². The molecule has 1 amide bonds. The number of hydrogen-bond acceptors (Lipinski definition) is 6. The number of ether oxygens (including phenoxy) is 3. The first-order chi connectivity index (χ1) is 14.4. The number of anilines is 1. The summed E-state index contributed by atoms with van der Waals surface area (Å²) in [7, 11) is 6.32. The summed E-state index contributed by atoms with van der Waals surface area (Å²) in [5, 5.41) is 9.07. The molecule has 0 radical (unpaired) electrons. The van der Waals surface area contributed by atoms with Crippen LogP contribution in [0.2, 0.25) is 0 Å². The van der Waals surface area contributed by atoms with E-state index < -0.39 is 0 Å². The fourth-order valence-electron chi connectivity index (χ4n) is 3.42. The number of nitrogens with one attached hydrogen (secondary N) is 1. The van der Waals surface area contributed by atoms with E-state index in [2.05, 4.69) is 10.4 Å². The van der Waals surface area contributed by atoms with Gasteiger partial charge in [0.25, 0.3) is 5.91 Å². The van der Waals surface area contributed by atoms with E-state index in [1.165, 1.54) is 21.3 Å². The van der Waals surface area contributed by atoms with Crippen LogP contribution >= 0.6 is 0 Å². The molecule has 0 aliphatic rings. The molecule has 4 rings (SSSR count). The van der Waals surface area contributed by atoms with E-state index in [1.54, 1.807) is 23.9 Å². The number of carbonyl (C=O) groups is 1. The van der Waals surface area contributed by atoms with Crippen molar-refractivity contribution in [2.75, 3.05) is 26.6 Å². The Morgan fingerprint density at radius 3 is 2.33 bits per heavy atom. The highest BCUT2D eigenvalue weighted by Crippen LogP contribution is 2.38. The van der Waals surface area contributed by atoms with Gasteiger partial charge in [-0.15, -0.1) is 0 Å². The Hall–Kier alpha value is -3.81. The van der Waals surface area contributed by atoms with Gasteiger partial charge in [-0.25, -0.2) is 9.67 Å². The topological polar surface area (TPSA) is 87.5 Å². The molecule has 0 saturated carbocycles. The number of aromatic nitrogens is 3. The van der Waals surface area contributed by atoms with Gasteiger partial charge in [-0.3, -0.25) is 4.79 Å². The average Bonchev–Trinajstić information content (AvgIpc) is 3.05. The van der Waals surface area contributed by atoms with Crippen molar-refractivity contribution < 1.29 is 19.0 Å². The SMILES string of the molecule is COc1cc(C(=O)Nc2nn(C)c3nc4cc(C)ccc4cc23)cc(OC)c1OC. The highest BCUT2D eigenvalue weighted by molar-refractivity contribution is 6.09. The Morgan fingerprint density at radius 2 is 1.70 bits per heavy atom. The van der Waals surface area contributed by atoms with Crippen molar-refractivity contribution in [3.05, 3.63) is 47.5 Å². The largest absolute Gasteiger partial charge is 0.493 e. The number of nitrogens with zero attached hydrogens (tertiary/aromatic N) is 3. The van der Waals surface area contributed by atoms with Crippen LogP contribution in [0, 0.1) is 6.92 Å². The van der Waals surface area contributed by atoms with Crippen LogP contribution in [-0.2, 0) is 7.05 Å². The predicted octanol–water partition coefficient (Wildman–Crippen LogP) is 3.71. The molecule has 2 aromatic carbocycles. The highest BCUT2D eigenvalue weighted by Gasteiger charge is 2.19. The zero-order chi connectivity index (χ0) is 21.4. The summed E-state index contributed by atoms with van der Waals surface area (Å²) in [5.74, 6) is 1.30. The van der Waals surface area contributed by atoms with Crippen LogP contribution in [0.3, 0.4) is 0 Å². The zero-order valence-electron chi connectivity index (χ0n) is 17.4. The van der Waals surface area contributed by atoms with Crippen LogP contribution in [0.1, 0.15) is 15.9 Å². The van der Waals surface area contributed by atoms with Gasteiger partial charge in [0, 0.05) is 18.0 Å². The van der Waals surface area contributed by atoms with E-state index in [0.717, 1.165) is 21.9 Å². The van der Waals surface area contributed by atoms with Gasteiger partial charge in [0.1, 0.15) is 0 Å². The second-order valence-corrected chi connectivity index (χ2v) is 6.90. The third-order valence-electron chi connectivity index (χ3n) is 4.92. The molecule has 0 saturated heterocycles. The number of methoxy groups -OCH3 is 3. The predicted molar refractivity (Wildman–Crippen MR) is 115 cm³/mol. The molecule has 2 aromatic heterocycles. The van der Waals surface area contributed by atoms with Crippen molar-refractivity contribution in [3.63, 3.8) is 0 Å². The summed E-state index contributed by atoms with van der Waals surface area (Å²) in [6.07, 6.45) is 0. The van der Waals surface area contributed by atoms with Crippen molar-refractivity contribution >= 4 is 33.7 Å². The maximum absolute atomic E-state index is 13.0. The molecule has 30 heavy (non-hydrogen) atoms. The number of aryl methyl sites for hydroxylation is 2. The van der Waals surface area contributed by atoms with Gasteiger partial charge in [-0.2, -0.15) is 5.10 Å². The second-order valence-electron chi connectivity index (χ2n) is 6.90. The van der Waals surface area contributed by atoms with E-state index in [1.807, 2.05) is 31.2 Å². The lowest BCUT2D eigenvalue weighted by Gasteiger charge is -2.13. The average molecular weight is 406 g/mol.